The van der Waals surface area contributed by atoms with Crippen LogP contribution in [-0.4, -0.2) is 0 Å². The summed E-state index contributed by atoms with van der Waals surface area (Å²) in [6.07, 6.45) is 0.983. The zero-order valence-electron chi connectivity index (χ0n) is 9.70. The van der Waals surface area contributed by atoms with Crippen LogP contribution >= 0.6 is 11.6 Å². The molecule has 3 N–H and O–H groups in total. The van der Waals surface area contributed by atoms with E-state index in [9.17, 15) is 0 Å². The Morgan fingerprint density at radius 2 is 1.88 bits per heavy atom. The van der Waals surface area contributed by atoms with Gasteiger partial charge in [0.1, 0.15) is 0 Å². The van der Waals surface area contributed by atoms with Crippen molar-refractivity contribution in [2.75, 3.05) is 11.1 Å². The molecule has 2 rings (SSSR count). The van der Waals surface area contributed by atoms with Gasteiger partial charge in [-0.05, 0) is 36.2 Å². The Balaban J connectivity index is 2.31. The lowest BCUT2D eigenvalue weighted by atomic mass is 10.1. The predicted octanol–water partition coefficient (Wildman–Crippen LogP) is 4.23. The van der Waals surface area contributed by atoms with Crippen molar-refractivity contribution in [2.24, 2.45) is 0 Å². The zero-order chi connectivity index (χ0) is 12.3. The number of hydrogen-bond acceptors (Lipinski definition) is 2. The van der Waals surface area contributed by atoms with Crippen molar-refractivity contribution >= 4 is 28.7 Å². The summed E-state index contributed by atoms with van der Waals surface area (Å²) in [7, 11) is 0. The summed E-state index contributed by atoms with van der Waals surface area (Å²) in [5.74, 6) is 0. The Bertz CT molecular complexity index is 523. The maximum absolute atomic E-state index is 5.91. The average molecular weight is 247 g/mol. The number of para-hydroxylation sites is 1. The van der Waals surface area contributed by atoms with E-state index in [-0.39, 0.29) is 0 Å². The van der Waals surface area contributed by atoms with E-state index >= 15 is 0 Å². The molecule has 0 atom stereocenters. The summed E-state index contributed by atoms with van der Waals surface area (Å²) in [6.45, 7) is 2.13. The maximum Gasteiger partial charge on any atom is 0.0619 e. The Morgan fingerprint density at radius 1 is 1.12 bits per heavy atom. The van der Waals surface area contributed by atoms with Gasteiger partial charge in [-0.25, -0.2) is 0 Å². The third-order valence-electron chi connectivity index (χ3n) is 2.68. The standard InChI is InChI=1S/C14H15ClN2/c1-2-10-5-3-4-6-13(10)17-14-8-7-11(15)9-12(14)16/h3-9,17H,2,16H2,1H3. The Hall–Kier alpha value is -1.67. The van der Waals surface area contributed by atoms with E-state index in [0.29, 0.717) is 10.7 Å². The van der Waals surface area contributed by atoms with Gasteiger partial charge in [-0.2, -0.15) is 0 Å². The monoisotopic (exact) mass is 246 g/mol. The highest BCUT2D eigenvalue weighted by atomic mass is 35.5. The molecule has 0 aliphatic rings. The second-order valence-corrected chi connectivity index (χ2v) is 4.30. The fourth-order valence-electron chi connectivity index (χ4n) is 1.74. The SMILES string of the molecule is CCc1ccccc1Nc1ccc(Cl)cc1N. The topological polar surface area (TPSA) is 38.0 Å². The lowest BCUT2D eigenvalue weighted by Crippen LogP contribution is -1.98. The minimum atomic E-state index is 0.650. The van der Waals surface area contributed by atoms with Gasteiger partial charge in [0.2, 0.25) is 0 Å². The van der Waals surface area contributed by atoms with Crippen LogP contribution in [0.4, 0.5) is 17.1 Å². The minimum Gasteiger partial charge on any atom is -0.397 e. The number of nitrogens with two attached hydrogens (primary N) is 1. The molecule has 0 saturated carbocycles. The fourth-order valence-corrected chi connectivity index (χ4v) is 1.92. The molecule has 0 bridgehead atoms. The number of hydrogen-bond donors (Lipinski definition) is 2. The van der Waals surface area contributed by atoms with Gasteiger partial charge < -0.3 is 11.1 Å². The summed E-state index contributed by atoms with van der Waals surface area (Å²) in [5, 5.41) is 3.99. The molecule has 2 aromatic rings. The second kappa shape index (κ2) is 5.11. The van der Waals surface area contributed by atoms with Crippen molar-refractivity contribution in [3.8, 4) is 0 Å². The van der Waals surface area contributed by atoms with Gasteiger partial charge in [-0.3, -0.25) is 0 Å². The summed E-state index contributed by atoms with van der Waals surface area (Å²) in [4.78, 5) is 0. The lowest BCUT2D eigenvalue weighted by Gasteiger charge is -2.12. The largest absolute Gasteiger partial charge is 0.397 e. The van der Waals surface area contributed by atoms with E-state index in [1.807, 2.05) is 30.3 Å². The molecule has 0 heterocycles. The molecule has 0 radical (unpaired) electrons. The Labute approximate surface area is 106 Å². The molecule has 0 fully saturated rings. The Morgan fingerprint density at radius 3 is 2.59 bits per heavy atom. The van der Waals surface area contributed by atoms with E-state index in [4.69, 9.17) is 17.3 Å². The molecule has 0 amide bonds. The smallest absolute Gasteiger partial charge is 0.0619 e. The molecule has 88 valence electrons. The second-order valence-electron chi connectivity index (χ2n) is 3.87. The fraction of sp³-hybridized carbons (Fsp3) is 0.143. The zero-order valence-corrected chi connectivity index (χ0v) is 10.5. The molecule has 0 aromatic heterocycles. The molecular formula is C14H15ClN2. The highest BCUT2D eigenvalue weighted by Crippen LogP contribution is 2.27. The molecule has 17 heavy (non-hydrogen) atoms. The van der Waals surface area contributed by atoms with E-state index in [2.05, 4.69) is 18.3 Å². The van der Waals surface area contributed by atoms with Gasteiger partial charge in [-0.1, -0.05) is 36.7 Å². The van der Waals surface area contributed by atoms with Crippen LogP contribution in [0.1, 0.15) is 12.5 Å². The van der Waals surface area contributed by atoms with Crippen molar-refractivity contribution in [1.29, 1.82) is 0 Å². The molecule has 0 aliphatic heterocycles. The molecular weight excluding hydrogens is 232 g/mol. The number of rotatable bonds is 3. The molecule has 3 heteroatoms. The quantitative estimate of drug-likeness (QED) is 0.796. The Kier molecular flexibility index (Phi) is 3.55. The number of anilines is 3. The summed E-state index contributed by atoms with van der Waals surface area (Å²) < 4.78 is 0. The van der Waals surface area contributed by atoms with Gasteiger partial charge in [-0.15, -0.1) is 0 Å². The van der Waals surface area contributed by atoms with Crippen LogP contribution in [0.25, 0.3) is 0 Å². The number of benzene rings is 2. The van der Waals surface area contributed by atoms with Crippen LogP contribution in [0.5, 0.6) is 0 Å². The van der Waals surface area contributed by atoms with Gasteiger partial charge in [0.25, 0.3) is 0 Å². The van der Waals surface area contributed by atoms with Crippen molar-refractivity contribution in [3.05, 3.63) is 53.1 Å². The molecule has 2 aromatic carbocycles. The molecule has 2 nitrogen and oxygen atoms in total. The van der Waals surface area contributed by atoms with Crippen molar-refractivity contribution in [1.82, 2.24) is 0 Å². The van der Waals surface area contributed by atoms with Crippen LogP contribution in [0.3, 0.4) is 0 Å². The lowest BCUT2D eigenvalue weighted by molar-refractivity contribution is 1.14. The van der Waals surface area contributed by atoms with E-state index in [1.54, 1.807) is 6.07 Å². The third-order valence-corrected chi connectivity index (χ3v) is 2.92. The first-order valence-corrected chi connectivity index (χ1v) is 5.98. The highest BCUT2D eigenvalue weighted by Gasteiger charge is 2.03. The summed E-state index contributed by atoms with van der Waals surface area (Å²) >= 11 is 5.87. The normalized spacial score (nSPS) is 10.2. The minimum absolute atomic E-state index is 0.650. The van der Waals surface area contributed by atoms with Gasteiger partial charge in [0.15, 0.2) is 0 Å². The van der Waals surface area contributed by atoms with Crippen LogP contribution in [-0.2, 0) is 6.42 Å². The number of nitrogens with one attached hydrogen (secondary N) is 1. The number of nitrogen functional groups attached to an aromatic ring is 1. The van der Waals surface area contributed by atoms with Crippen molar-refractivity contribution in [3.63, 3.8) is 0 Å². The molecule has 0 aliphatic carbocycles. The van der Waals surface area contributed by atoms with Crippen molar-refractivity contribution < 1.29 is 0 Å². The van der Waals surface area contributed by atoms with E-state index in [1.165, 1.54) is 5.56 Å². The summed E-state index contributed by atoms with van der Waals surface area (Å²) in [6, 6.07) is 13.7. The van der Waals surface area contributed by atoms with Gasteiger partial charge in [0, 0.05) is 10.7 Å². The number of halogens is 1. The molecule has 0 saturated heterocycles. The van der Waals surface area contributed by atoms with Gasteiger partial charge >= 0.3 is 0 Å². The first kappa shape index (κ1) is 11.8. The first-order chi connectivity index (χ1) is 8.20. The van der Waals surface area contributed by atoms with E-state index in [0.717, 1.165) is 17.8 Å². The van der Waals surface area contributed by atoms with Crippen LogP contribution in [0.2, 0.25) is 5.02 Å². The number of aryl methyl sites for hydroxylation is 1. The van der Waals surface area contributed by atoms with Gasteiger partial charge in [0.05, 0.1) is 11.4 Å². The predicted molar refractivity (Wildman–Crippen MR) is 75.0 cm³/mol. The van der Waals surface area contributed by atoms with Crippen LogP contribution in [0.15, 0.2) is 42.5 Å². The van der Waals surface area contributed by atoms with Crippen LogP contribution < -0.4 is 11.1 Å². The van der Waals surface area contributed by atoms with E-state index < -0.39 is 0 Å². The summed E-state index contributed by atoms with van der Waals surface area (Å²) in [5.41, 5.74) is 9.81. The average Bonchev–Trinajstić information content (AvgIpc) is 2.33. The van der Waals surface area contributed by atoms with Crippen LogP contribution in [0, 0.1) is 0 Å². The van der Waals surface area contributed by atoms with Crippen molar-refractivity contribution in [2.45, 2.75) is 13.3 Å². The highest BCUT2D eigenvalue weighted by molar-refractivity contribution is 6.31. The third kappa shape index (κ3) is 2.71. The maximum atomic E-state index is 5.91. The molecule has 0 spiro atoms. The molecule has 0 unspecified atom stereocenters. The first-order valence-electron chi connectivity index (χ1n) is 5.60.